The third-order valence-electron chi connectivity index (χ3n) is 3.29. The Bertz CT molecular complexity index is 693. The SMILES string of the molecule is O=C(c1ccc[nH]c1=O)N1CCOc2ccccc2C1. The van der Waals surface area contributed by atoms with Gasteiger partial charge < -0.3 is 14.6 Å². The smallest absolute Gasteiger partial charge is 0.260 e. The van der Waals surface area contributed by atoms with Crippen LogP contribution < -0.4 is 10.3 Å². The second-order valence-electron chi connectivity index (χ2n) is 4.60. The fraction of sp³-hybridized carbons (Fsp3) is 0.200. The number of pyridine rings is 1. The number of carbonyl (C=O) groups excluding carboxylic acids is 1. The number of aromatic amines is 1. The highest BCUT2D eigenvalue weighted by Gasteiger charge is 2.22. The van der Waals surface area contributed by atoms with E-state index in [1.165, 1.54) is 6.20 Å². The van der Waals surface area contributed by atoms with Crippen molar-refractivity contribution in [1.29, 1.82) is 0 Å². The van der Waals surface area contributed by atoms with Gasteiger partial charge >= 0.3 is 0 Å². The van der Waals surface area contributed by atoms with Gasteiger partial charge in [-0.2, -0.15) is 0 Å². The van der Waals surface area contributed by atoms with Crippen molar-refractivity contribution in [3.05, 3.63) is 64.1 Å². The summed E-state index contributed by atoms with van der Waals surface area (Å²) in [5, 5.41) is 0. The molecule has 5 nitrogen and oxygen atoms in total. The lowest BCUT2D eigenvalue weighted by Crippen LogP contribution is -2.35. The van der Waals surface area contributed by atoms with Gasteiger partial charge in [-0.25, -0.2) is 0 Å². The highest BCUT2D eigenvalue weighted by molar-refractivity contribution is 5.93. The fourth-order valence-electron chi connectivity index (χ4n) is 2.26. The zero-order chi connectivity index (χ0) is 13.9. The highest BCUT2D eigenvalue weighted by Crippen LogP contribution is 2.22. The van der Waals surface area contributed by atoms with E-state index in [4.69, 9.17) is 4.74 Å². The number of benzene rings is 1. The van der Waals surface area contributed by atoms with Crippen LogP contribution in [0.5, 0.6) is 5.75 Å². The molecule has 1 amide bonds. The van der Waals surface area contributed by atoms with E-state index >= 15 is 0 Å². The number of ether oxygens (including phenoxy) is 1. The number of amides is 1. The first-order valence-electron chi connectivity index (χ1n) is 6.43. The largest absolute Gasteiger partial charge is 0.491 e. The van der Waals surface area contributed by atoms with Crippen molar-refractivity contribution < 1.29 is 9.53 Å². The molecule has 0 saturated heterocycles. The average Bonchev–Trinajstić information content (AvgIpc) is 2.69. The molecule has 0 saturated carbocycles. The van der Waals surface area contributed by atoms with Gasteiger partial charge in [0.1, 0.15) is 17.9 Å². The summed E-state index contributed by atoms with van der Waals surface area (Å²) in [4.78, 5) is 28.3. The second kappa shape index (κ2) is 5.21. The van der Waals surface area contributed by atoms with Crippen LogP contribution in [0.25, 0.3) is 0 Å². The second-order valence-corrected chi connectivity index (χ2v) is 4.60. The molecule has 1 aliphatic rings. The van der Waals surface area contributed by atoms with Crippen molar-refractivity contribution in [3.63, 3.8) is 0 Å². The molecule has 0 bridgehead atoms. The zero-order valence-corrected chi connectivity index (χ0v) is 10.8. The van der Waals surface area contributed by atoms with Crippen LogP contribution in [0.15, 0.2) is 47.4 Å². The number of hydrogen-bond acceptors (Lipinski definition) is 3. The lowest BCUT2D eigenvalue weighted by molar-refractivity contribution is 0.0731. The van der Waals surface area contributed by atoms with Gasteiger partial charge in [0.15, 0.2) is 0 Å². The number of carbonyl (C=O) groups is 1. The Morgan fingerprint density at radius 2 is 2.05 bits per heavy atom. The monoisotopic (exact) mass is 270 g/mol. The third-order valence-corrected chi connectivity index (χ3v) is 3.29. The summed E-state index contributed by atoms with van der Waals surface area (Å²) >= 11 is 0. The quantitative estimate of drug-likeness (QED) is 0.852. The molecule has 0 radical (unpaired) electrons. The molecular weight excluding hydrogens is 256 g/mol. The molecule has 0 aliphatic carbocycles. The molecule has 5 heteroatoms. The number of rotatable bonds is 1. The Kier molecular flexibility index (Phi) is 3.25. The third kappa shape index (κ3) is 2.30. The minimum absolute atomic E-state index is 0.159. The van der Waals surface area contributed by atoms with Gasteiger partial charge in [-0.05, 0) is 18.2 Å². The Balaban J connectivity index is 1.90. The molecule has 1 N–H and O–H groups in total. The van der Waals surface area contributed by atoms with Crippen LogP contribution in [0, 0.1) is 0 Å². The standard InChI is InChI=1S/C15H14N2O3/c18-14-12(5-3-7-16-14)15(19)17-8-9-20-13-6-2-1-4-11(13)10-17/h1-7H,8-10H2,(H,16,18). The molecule has 2 aromatic rings. The molecule has 3 rings (SSSR count). The van der Waals surface area contributed by atoms with Gasteiger partial charge in [-0.3, -0.25) is 9.59 Å². The summed E-state index contributed by atoms with van der Waals surface area (Å²) in [5.41, 5.74) is 0.744. The first kappa shape index (κ1) is 12.5. The lowest BCUT2D eigenvalue weighted by Gasteiger charge is -2.19. The number of fused-ring (bicyclic) bond motifs is 1. The molecular formula is C15H14N2O3. The van der Waals surface area contributed by atoms with E-state index in [1.54, 1.807) is 17.0 Å². The Morgan fingerprint density at radius 1 is 1.20 bits per heavy atom. The fourth-order valence-corrected chi connectivity index (χ4v) is 2.26. The Morgan fingerprint density at radius 3 is 2.90 bits per heavy atom. The predicted octanol–water partition coefficient (Wildman–Crippen LogP) is 1.41. The number of nitrogens with one attached hydrogen (secondary N) is 1. The van der Waals surface area contributed by atoms with Gasteiger partial charge in [-0.1, -0.05) is 18.2 Å². The Labute approximate surface area is 115 Å². The minimum Gasteiger partial charge on any atom is -0.491 e. The maximum absolute atomic E-state index is 12.4. The van der Waals surface area contributed by atoms with Crippen LogP contribution in [-0.2, 0) is 6.54 Å². The minimum atomic E-state index is -0.365. The number of nitrogens with zero attached hydrogens (tertiary/aromatic N) is 1. The van der Waals surface area contributed by atoms with E-state index in [0.29, 0.717) is 19.7 Å². The van der Waals surface area contributed by atoms with Gasteiger partial charge in [0.2, 0.25) is 0 Å². The Hall–Kier alpha value is -2.56. The molecule has 0 atom stereocenters. The van der Waals surface area contributed by atoms with Crippen molar-refractivity contribution >= 4 is 5.91 Å². The summed E-state index contributed by atoms with van der Waals surface area (Å²) in [6, 6.07) is 10.8. The zero-order valence-electron chi connectivity index (χ0n) is 10.8. The molecule has 1 aromatic heterocycles. The van der Waals surface area contributed by atoms with E-state index in [1.807, 2.05) is 24.3 Å². The predicted molar refractivity (Wildman–Crippen MR) is 73.7 cm³/mol. The van der Waals surface area contributed by atoms with Crippen LogP contribution in [0.2, 0.25) is 0 Å². The van der Waals surface area contributed by atoms with Gasteiger partial charge in [0.25, 0.3) is 11.5 Å². The summed E-state index contributed by atoms with van der Waals surface area (Å²) in [6.07, 6.45) is 1.51. The first-order valence-corrected chi connectivity index (χ1v) is 6.43. The van der Waals surface area contributed by atoms with E-state index in [2.05, 4.69) is 4.98 Å². The highest BCUT2D eigenvalue weighted by atomic mass is 16.5. The van der Waals surface area contributed by atoms with Crippen molar-refractivity contribution in [2.24, 2.45) is 0 Å². The van der Waals surface area contributed by atoms with Gasteiger partial charge in [0, 0.05) is 18.3 Å². The number of aromatic nitrogens is 1. The van der Waals surface area contributed by atoms with Gasteiger partial charge in [0.05, 0.1) is 6.54 Å². The normalized spacial score (nSPS) is 14.1. The summed E-state index contributed by atoms with van der Waals surface area (Å²) in [5.74, 6) is 0.525. The summed E-state index contributed by atoms with van der Waals surface area (Å²) in [6.45, 7) is 1.33. The lowest BCUT2D eigenvalue weighted by atomic mass is 10.1. The van der Waals surface area contributed by atoms with E-state index in [0.717, 1.165) is 11.3 Å². The van der Waals surface area contributed by atoms with Crippen LogP contribution in [-0.4, -0.2) is 28.9 Å². The summed E-state index contributed by atoms with van der Waals surface area (Å²) < 4.78 is 5.62. The van der Waals surface area contributed by atoms with Crippen LogP contribution >= 0.6 is 0 Å². The van der Waals surface area contributed by atoms with Crippen molar-refractivity contribution in [3.8, 4) is 5.75 Å². The molecule has 0 spiro atoms. The van der Waals surface area contributed by atoms with Crippen molar-refractivity contribution in [1.82, 2.24) is 9.88 Å². The number of para-hydroxylation sites is 1. The number of hydrogen-bond donors (Lipinski definition) is 1. The molecule has 2 heterocycles. The van der Waals surface area contributed by atoms with E-state index in [-0.39, 0.29) is 17.0 Å². The average molecular weight is 270 g/mol. The van der Waals surface area contributed by atoms with Gasteiger partial charge in [-0.15, -0.1) is 0 Å². The van der Waals surface area contributed by atoms with E-state index < -0.39 is 0 Å². The molecule has 1 aliphatic heterocycles. The molecule has 102 valence electrons. The molecule has 0 unspecified atom stereocenters. The maximum atomic E-state index is 12.4. The number of H-pyrrole nitrogens is 1. The van der Waals surface area contributed by atoms with Crippen molar-refractivity contribution in [2.45, 2.75) is 6.54 Å². The molecule has 20 heavy (non-hydrogen) atoms. The molecule has 0 fully saturated rings. The maximum Gasteiger partial charge on any atom is 0.260 e. The van der Waals surface area contributed by atoms with E-state index in [9.17, 15) is 9.59 Å². The first-order chi connectivity index (χ1) is 9.75. The van der Waals surface area contributed by atoms with Crippen LogP contribution in [0.4, 0.5) is 0 Å². The topological polar surface area (TPSA) is 62.4 Å². The van der Waals surface area contributed by atoms with Crippen LogP contribution in [0.3, 0.4) is 0 Å². The molecule has 1 aromatic carbocycles. The van der Waals surface area contributed by atoms with Crippen LogP contribution in [0.1, 0.15) is 15.9 Å². The summed E-state index contributed by atoms with van der Waals surface area (Å²) in [7, 11) is 0. The van der Waals surface area contributed by atoms with Crippen molar-refractivity contribution in [2.75, 3.05) is 13.2 Å².